The molecule has 0 atom stereocenters. The van der Waals surface area contributed by atoms with Gasteiger partial charge in [-0.25, -0.2) is 0 Å². The number of rotatable bonds is 1. The summed E-state index contributed by atoms with van der Waals surface area (Å²) >= 11 is 0. The van der Waals surface area contributed by atoms with Gasteiger partial charge in [-0.15, -0.1) is 0 Å². The fourth-order valence-electron chi connectivity index (χ4n) is 1.34. The SMILES string of the molecule is C.CC1=C(NC(C)(C)C)C(=O)CC1. The van der Waals surface area contributed by atoms with Crippen LogP contribution in [-0.2, 0) is 4.79 Å². The van der Waals surface area contributed by atoms with Crippen LogP contribution in [0.2, 0.25) is 0 Å². The normalized spacial score (nSPS) is 17.4. The predicted molar refractivity (Wildman–Crippen MR) is 56.6 cm³/mol. The molecule has 0 unspecified atom stereocenters. The molecular formula is C11H21NO. The Morgan fingerprint density at radius 2 is 1.77 bits per heavy atom. The molecule has 2 nitrogen and oxygen atoms in total. The van der Waals surface area contributed by atoms with Crippen LogP contribution in [0.5, 0.6) is 0 Å². The molecule has 0 fully saturated rings. The maximum absolute atomic E-state index is 11.3. The fraction of sp³-hybridized carbons (Fsp3) is 0.727. The van der Waals surface area contributed by atoms with Gasteiger partial charge in [0.15, 0.2) is 5.78 Å². The smallest absolute Gasteiger partial charge is 0.178 e. The molecule has 1 N–H and O–H groups in total. The van der Waals surface area contributed by atoms with Crippen LogP contribution >= 0.6 is 0 Å². The van der Waals surface area contributed by atoms with Gasteiger partial charge in [-0.3, -0.25) is 4.79 Å². The van der Waals surface area contributed by atoms with Crippen LogP contribution in [0.25, 0.3) is 0 Å². The van der Waals surface area contributed by atoms with Gasteiger partial charge >= 0.3 is 0 Å². The van der Waals surface area contributed by atoms with Crippen molar-refractivity contribution in [1.82, 2.24) is 5.32 Å². The number of hydrogen-bond acceptors (Lipinski definition) is 2. The molecule has 2 heteroatoms. The largest absolute Gasteiger partial charge is 0.378 e. The van der Waals surface area contributed by atoms with E-state index in [0.717, 1.165) is 12.1 Å². The summed E-state index contributed by atoms with van der Waals surface area (Å²) in [7, 11) is 0. The van der Waals surface area contributed by atoms with E-state index in [1.165, 1.54) is 5.57 Å². The summed E-state index contributed by atoms with van der Waals surface area (Å²) in [6.45, 7) is 8.23. The second kappa shape index (κ2) is 3.95. The number of Topliss-reactive ketones (excluding diaryl/α,β-unsaturated/α-hetero) is 1. The number of allylic oxidation sites excluding steroid dienone is 2. The highest BCUT2D eigenvalue weighted by atomic mass is 16.1. The van der Waals surface area contributed by atoms with Crippen molar-refractivity contribution in [3.05, 3.63) is 11.3 Å². The Hall–Kier alpha value is -0.790. The van der Waals surface area contributed by atoms with Gasteiger partial charge in [-0.1, -0.05) is 7.43 Å². The Labute approximate surface area is 81.4 Å². The molecule has 0 saturated heterocycles. The van der Waals surface area contributed by atoms with Crippen LogP contribution in [0.1, 0.15) is 48.0 Å². The van der Waals surface area contributed by atoms with Gasteiger partial charge in [0.05, 0.1) is 5.70 Å². The van der Waals surface area contributed by atoms with Crippen molar-refractivity contribution < 1.29 is 4.79 Å². The predicted octanol–water partition coefficient (Wildman–Crippen LogP) is 2.65. The Bertz CT molecular complexity index is 233. The van der Waals surface area contributed by atoms with Crippen molar-refractivity contribution in [3.63, 3.8) is 0 Å². The molecule has 0 aromatic heterocycles. The summed E-state index contributed by atoms with van der Waals surface area (Å²) < 4.78 is 0. The summed E-state index contributed by atoms with van der Waals surface area (Å²) in [6, 6.07) is 0. The van der Waals surface area contributed by atoms with Gasteiger partial charge in [0.1, 0.15) is 0 Å². The van der Waals surface area contributed by atoms with E-state index < -0.39 is 0 Å². The molecule has 0 saturated carbocycles. The van der Waals surface area contributed by atoms with Crippen LogP contribution in [0.15, 0.2) is 11.3 Å². The number of hydrogen-bond donors (Lipinski definition) is 1. The summed E-state index contributed by atoms with van der Waals surface area (Å²) in [6.07, 6.45) is 1.61. The number of carbonyl (C=O) groups is 1. The molecule has 1 aliphatic rings. The molecule has 13 heavy (non-hydrogen) atoms. The average molecular weight is 183 g/mol. The van der Waals surface area contributed by atoms with Crippen molar-refractivity contribution in [1.29, 1.82) is 0 Å². The van der Waals surface area contributed by atoms with Gasteiger partial charge in [0.25, 0.3) is 0 Å². The zero-order chi connectivity index (χ0) is 9.35. The van der Waals surface area contributed by atoms with E-state index in [1.54, 1.807) is 0 Å². The molecule has 0 aromatic rings. The lowest BCUT2D eigenvalue weighted by Gasteiger charge is -2.22. The number of nitrogens with one attached hydrogen (secondary N) is 1. The first kappa shape index (κ1) is 12.2. The third kappa shape index (κ3) is 3.21. The summed E-state index contributed by atoms with van der Waals surface area (Å²) in [5, 5.41) is 3.25. The highest BCUT2D eigenvalue weighted by molar-refractivity contribution is 5.98. The van der Waals surface area contributed by atoms with E-state index in [-0.39, 0.29) is 18.7 Å². The highest BCUT2D eigenvalue weighted by Gasteiger charge is 2.23. The van der Waals surface area contributed by atoms with Crippen molar-refractivity contribution in [2.45, 2.75) is 53.5 Å². The minimum atomic E-state index is -0.00338. The van der Waals surface area contributed by atoms with Crippen molar-refractivity contribution in [2.24, 2.45) is 0 Å². The van der Waals surface area contributed by atoms with Crippen LogP contribution in [0.4, 0.5) is 0 Å². The molecule has 0 radical (unpaired) electrons. The molecule has 0 heterocycles. The minimum absolute atomic E-state index is 0. The summed E-state index contributed by atoms with van der Waals surface area (Å²) in [5.41, 5.74) is 2.05. The molecule has 0 aliphatic heterocycles. The van der Waals surface area contributed by atoms with Crippen LogP contribution in [0, 0.1) is 0 Å². The first-order chi connectivity index (χ1) is 5.40. The van der Waals surface area contributed by atoms with Crippen LogP contribution in [-0.4, -0.2) is 11.3 Å². The third-order valence-corrected chi connectivity index (χ3v) is 1.93. The van der Waals surface area contributed by atoms with Gasteiger partial charge in [-0.05, 0) is 39.7 Å². The molecular weight excluding hydrogens is 162 g/mol. The lowest BCUT2D eigenvalue weighted by atomic mass is 10.1. The second-order valence-electron chi connectivity index (χ2n) is 4.45. The number of carbonyl (C=O) groups excluding carboxylic acids is 1. The van der Waals surface area contributed by atoms with Crippen molar-refractivity contribution in [2.75, 3.05) is 0 Å². The molecule has 0 amide bonds. The molecule has 1 aliphatic carbocycles. The lowest BCUT2D eigenvalue weighted by Crippen LogP contribution is -2.37. The van der Waals surface area contributed by atoms with Crippen LogP contribution < -0.4 is 5.32 Å². The zero-order valence-electron chi connectivity index (χ0n) is 8.32. The maximum Gasteiger partial charge on any atom is 0.178 e. The Balaban J connectivity index is 0.00000144. The quantitative estimate of drug-likeness (QED) is 0.677. The fourth-order valence-corrected chi connectivity index (χ4v) is 1.34. The monoisotopic (exact) mass is 183 g/mol. The standard InChI is InChI=1S/C10H17NO.CH4/c1-7-5-6-8(12)9(7)11-10(2,3)4;/h11H,5-6H2,1-4H3;1H4. The first-order valence-electron chi connectivity index (χ1n) is 4.41. The van der Waals surface area contributed by atoms with Crippen molar-refractivity contribution in [3.8, 4) is 0 Å². The summed E-state index contributed by atoms with van der Waals surface area (Å²) in [4.78, 5) is 11.3. The molecule has 0 aromatic carbocycles. The van der Waals surface area contributed by atoms with Gasteiger partial charge in [-0.2, -0.15) is 0 Å². The van der Waals surface area contributed by atoms with E-state index in [9.17, 15) is 4.79 Å². The van der Waals surface area contributed by atoms with Gasteiger partial charge in [0.2, 0.25) is 0 Å². The lowest BCUT2D eigenvalue weighted by molar-refractivity contribution is -0.115. The summed E-state index contributed by atoms with van der Waals surface area (Å²) in [5.74, 6) is 0.266. The van der Waals surface area contributed by atoms with E-state index in [0.29, 0.717) is 6.42 Å². The third-order valence-electron chi connectivity index (χ3n) is 1.93. The average Bonchev–Trinajstić information content (AvgIpc) is 2.16. The highest BCUT2D eigenvalue weighted by Crippen LogP contribution is 2.21. The Morgan fingerprint density at radius 1 is 1.23 bits per heavy atom. The van der Waals surface area contributed by atoms with E-state index in [1.807, 2.05) is 6.92 Å². The number of ketones is 1. The van der Waals surface area contributed by atoms with E-state index in [2.05, 4.69) is 26.1 Å². The van der Waals surface area contributed by atoms with Gasteiger partial charge in [0, 0.05) is 12.0 Å². The topological polar surface area (TPSA) is 29.1 Å². The minimum Gasteiger partial charge on any atom is -0.378 e. The van der Waals surface area contributed by atoms with Crippen LogP contribution in [0.3, 0.4) is 0 Å². The van der Waals surface area contributed by atoms with E-state index >= 15 is 0 Å². The van der Waals surface area contributed by atoms with Gasteiger partial charge < -0.3 is 5.32 Å². The molecule has 0 spiro atoms. The Morgan fingerprint density at radius 3 is 2.08 bits per heavy atom. The second-order valence-corrected chi connectivity index (χ2v) is 4.45. The van der Waals surface area contributed by atoms with Crippen molar-refractivity contribution >= 4 is 5.78 Å². The maximum atomic E-state index is 11.3. The zero-order valence-corrected chi connectivity index (χ0v) is 8.32. The molecule has 76 valence electrons. The Kier molecular flexibility index (Phi) is 3.71. The molecule has 1 rings (SSSR count). The first-order valence-corrected chi connectivity index (χ1v) is 4.41. The van der Waals surface area contributed by atoms with E-state index in [4.69, 9.17) is 0 Å². The molecule has 0 bridgehead atoms.